The Morgan fingerprint density at radius 1 is 1.56 bits per heavy atom. The minimum Gasteiger partial charge on any atom is -0.480 e. The Balaban J connectivity index is 2.20. The van der Waals surface area contributed by atoms with E-state index in [9.17, 15) is 14.7 Å². The van der Waals surface area contributed by atoms with E-state index >= 15 is 0 Å². The quantitative estimate of drug-likeness (QED) is 0.874. The summed E-state index contributed by atoms with van der Waals surface area (Å²) < 4.78 is 1.58. The summed E-state index contributed by atoms with van der Waals surface area (Å²) in [6.07, 6.45) is 3.26. The van der Waals surface area contributed by atoms with Crippen molar-refractivity contribution in [2.45, 2.75) is 25.3 Å². The first-order valence-corrected chi connectivity index (χ1v) is 6.10. The lowest BCUT2D eigenvalue weighted by atomic mass is 9.96. The first-order chi connectivity index (χ1) is 8.34. The molecule has 1 atom stereocenters. The molecular formula is C12H15ClN2O3. The van der Waals surface area contributed by atoms with Gasteiger partial charge in [0.15, 0.2) is 0 Å². The van der Waals surface area contributed by atoms with Crippen LogP contribution in [0.4, 0.5) is 0 Å². The Hall–Kier alpha value is -1.49. The van der Waals surface area contributed by atoms with Crippen molar-refractivity contribution >= 4 is 23.5 Å². The topological polar surface area (TPSA) is 71.3 Å². The Morgan fingerprint density at radius 2 is 2.17 bits per heavy atom. The minimum atomic E-state index is -1.20. The maximum Gasteiger partial charge on any atom is 0.329 e. The molecule has 0 spiro atoms. The number of carbonyl (C=O) groups is 2. The molecule has 1 heterocycles. The van der Waals surface area contributed by atoms with Crippen molar-refractivity contribution in [2.75, 3.05) is 0 Å². The Morgan fingerprint density at radius 3 is 2.56 bits per heavy atom. The number of nitrogens with zero attached hydrogens (tertiary/aromatic N) is 1. The van der Waals surface area contributed by atoms with Crippen LogP contribution in [0, 0.1) is 5.92 Å². The van der Waals surface area contributed by atoms with Gasteiger partial charge in [-0.1, -0.05) is 11.6 Å². The SMILES string of the molecule is Cn1cc(Cl)cc1C(=O)N[C@](C)(C(=O)O)C1CC1. The van der Waals surface area contributed by atoms with Crippen LogP contribution in [0.15, 0.2) is 12.3 Å². The van der Waals surface area contributed by atoms with Gasteiger partial charge in [0.1, 0.15) is 11.2 Å². The second kappa shape index (κ2) is 4.31. The van der Waals surface area contributed by atoms with Crippen molar-refractivity contribution in [1.29, 1.82) is 0 Å². The molecule has 98 valence electrons. The summed E-state index contributed by atoms with van der Waals surface area (Å²) in [5.41, 5.74) is -0.846. The average Bonchev–Trinajstić information content (AvgIpc) is 3.04. The molecule has 18 heavy (non-hydrogen) atoms. The van der Waals surface area contributed by atoms with E-state index in [4.69, 9.17) is 11.6 Å². The van der Waals surface area contributed by atoms with Crippen LogP contribution in [-0.2, 0) is 11.8 Å². The third-order valence-electron chi connectivity index (χ3n) is 3.42. The molecule has 6 heteroatoms. The molecule has 1 aliphatic carbocycles. The van der Waals surface area contributed by atoms with Gasteiger partial charge in [0.2, 0.25) is 0 Å². The molecule has 0 aromatic carbocycles. The van der Waals surface area contributed by atoms with Gasteiger partial charge in [0, 0.05) is 13.2 Å². The van der Waals surface area contributed by atoms with E-state index < -0.39 is 17.4 Å². The van der Waals surface area contributed by atoms with Crippen molar-refractivity contribution in [2.24, 2.45) is 13.0 Å². The Labute approximate surface area is 110 Å². The smallest absolute Gasteiger partial charge is 0.329 e. The molecule has 0 unspecified atom stereocenters. The molecule has 1 aliphatic rings. The fraction of sp³-hybridized carbons (Fsp3) is 0.500. The van der Waals surface area contributed by atoms with Crippen molar-refractivity contribution in [1.82, 2.24) is 9.88 Å². The summed E-state index contributed by atoms with van der Waals surface area (Å²) in [5.74, 6) is -1.41. The molecule has 0 bridgehead atoms. The van der Waals surface area contributed by atoms with Gasteiger partial charge in [0.05, 0.1) is 5.02 Å². The summed E-state index contributed by atoms with van der Waals surface area (Å²) in [5, 5.41) is 12.3. The van der Waals surface area contributed by atoms with Crippen LogP contribution >= 0.6 is 11.6 Å². The van der Waals surface area contributed by atoms with Gasteiger partial charge >= 0.3 is 5.97 Å². The van der Waals surface area contributed by atoms with Crippen LogP contribution in [0.25, 0.3) is 0 Å². The normalized spacial score (nSPS) is 18.2. The number of aryl methyl sites for hydroxylation is 1. The highest BCUT2D eigenvalue weighted by molar-refractivity contribution is 6.31. The van der Waals surface area contributed by atoms with Gasteiger partial charge in [-0.3, -0.25) is 4.79 Å². The monoisotopic (exact) mass is 270 g/mol. The number of halogens is 1. The molecule has 1 aromatic heterocycles. The predicted octanol–water partition coefficient (Wildman–Crippen LogP) is 1.66. The molecule has 2 rings (SSSR count). The molecule has 0 saturated heterocycles. The van der Waals surface area contributed by atoms with Crippen LogP contribution in [0.1, 0.15) is 30.3 Å². The van der Waals surface area contributed by atoms with E-state index in [1.165, 1.54) is 6.07 Å². The zero-order chi connectivity index (χ0) is 13.5. The number of carboxylic acid groups (broad SMARTS) is 1. The molecule has 0 radical (unpaired) electrons. The molecule has 1 aromatic rings. The van der Waals surface area contributed by atoms with E-state index in [2.05, 4.69) is 5.32 Å². The van der Waals surface area contributed by atoms with Crippen LogP contribution in [-0.4, -0.2) is 27.1 Å². The van der Waals surface area contributed by atoms with Crippen LogP contribution in [0.5, 0.6) is 0 Å². The number of nitrogens with one attached hydrogen (secondary N) is 1. The van der Waals surface area contributed by atoms with Crippen molar-refractivity contribution in [3.05, 3.63) is 23.0 Å². The van der Waals surface area contributed by atoms with Crippen LogP contribution < -0.4 is 5.32 Å². The van der Waals surface area contributed by atoms with E-state index in [0.717, 1.165) is 12.8 Å². The maximum atomic E-state index is 12.1. The number of rotatable bonds is 4. The number of hydrogen-bond donors (Lipinski definition) is 2. The summed E-state index contributed by atoms with van der Waals surface area (Å²) in [6.45, 7) is 1.55. The molecule has 1 fully saturated rings. The lowest BCUT2D eigenvalue weighted by Crippen LogP contribution is -2.54. The average molecular weight is 271 g/mol. The van der Waals surface area contributed by atoms with Gasteiger partial charge in [-0.05, 0) is 31.7 Å². The summed E-state index contributed by atoms with van der Waals surface area (Å²) in [6, 6.07) is 1.52. The zero-order valence-corrected chi connectivity index (χ0v) is 11.0. The number of carboxylic acids is 1. The standard InChI is InChI=1S/C12H15ClN2O3/c1-12(11(17)18,7-3-4-7)14-10(16)9-5-8(13)6-15(9)2/h5-7H,3-4H2,1-2H3,(H,14,16)(H,17,18)/t12-/m0/s1. The van der Waals surface area contributed by atoms with Gasteiger partial charge in [-0.25, -0.2) is 4.79 Å². The lowest BCUT2D eigenvalue weighted by Gasteiger charge is -2.26. The number of hydrogen-bond acceptors (Lipinski definition) is 2. The highest BCUT2D eigenvalue weighted by atomic mass is 35.5. The van der Waals surface area contributed by atoms with Gasteiger partial charge in [-0.15, -0.1) is 0 Å². The highest BCUT2D eigenvalue weighted by Crippen LogP contribution is 2.39. The Kier molecular flexibility index (Phi) is 3.11. The van der Waals surface area contributed by atoms with E-state index in [1.54, 1.807) is 24.7 Å². The molecular weight excluding hydrogens is 256 g/mol. The predicted molar refractivity (Wildman–Crippen MR) is 66.7 cm³/mol. The van der Waals surface area contributed by atoms with Gasteiger partial charge in [-0.2, -0.15) is 0 Å². The number of carbonyl (C=O) groups excluding carboxylic acids is 1. The second-order valence-corrected chi connectivity index (χ2v) is 5.33. The minimum absolute atomic E-state index is 0.00897. The van der Waals surface area contributed by atoms with Gasteiger partial charge in [0.25, 0.3) is 5.91 Å². The highest BCUT2D eigenvalue weighted by Gasteiger charge is 2.48. The largest absolute Gasteiger partial charge is 0.480 e. The number of aromatic nitrogens is 1. The molecule has 1 amide bonds. The van der Waals surface area contributed by atoms with E-state index in [0.29, 0.717) is 10.7 Å². The summed E-state index contributed by atoms with van der Waals surface area (Å²) >= 11 is 5.80. The fourth-order valence-electron chi connectivity index (χ4n) is 2.04. The number of aliphatic carboxylic acids is 1. The van der Waals surface area contributed by atoms with Crippen LogP contribution in [0.2, 0.25) is 5.02 Å². The molecule has 5 nitrogen and oxygen atoms in total. The van der Waals surface area contributed by atoms with Crippen molar-refractivity contribution in [3.63, 3.8) is 0 Å². The first-order valence-electron chi connectivity index (χ1n) is 5.72. The third kappa shape index (κ3) is 2.22. The lowest BCUT2D eigenvalue weighted by molar-refractivity contribution is -0.144. The fourth-order valence-corrected chi connectivity index (χ4v) is 2.29. The third-order valence-corrected chi connectivity index (χ3v) is 3.62. The summed E-state index contributed by atoms with van der Waals surface area (Å²) in [7, 11) is 1.69. The second-order valence-electron chi connectivity index (χ2n) is 4.89. The van der Waals surface area contributed by atoms with Crippen LogP contribution in [0.3, 0.4) is 0 Å². The van der Waals surface area contributed by atoms with E-state index in [1.807, 2.05) is 0 Å². The van der Waals surface area contributed by atoms with Crippen molar-refractivity contribution in [3.8, 4) is 0 Å². The summed E-state index contributed by atoms with van der Waals surface area (Å²) in [4.78, 5) is 23.4. The molecule has 1 saturated carbocycles. The molecule has 0 aliphatic heterocycles. The zero-order valence-electron chi connectivity index (χ0n) is 10.2. The van der Waals surface area contributed by atoms with Gasteiger partial charge < -0.3 is 15.0 Å². The Bertz CT molecular complexity index is 507. The maximum absolute atomic E-state index is 12.1. The molecule has 2 N–H and O–H groups in total. The first kappa shape index (κ1) is 13.0. The number of amides is 1. The van der Waals surface area contributed by atoms with Crippen molar-refractivity contribution < 1.29 is 14.7 Å². The van der Waals surface area contributed by atoms with E-state index in [-0.39, 0.29) is 5.92 Å².